The van der Waals surface area contributed by atoms with Gasteiger partial charge < -0.3 is 26.8 Å². The van der Waals surface area contributed by atoms with Crippen LogP contribution in [0.4, 0.5) is 0 Å². The van der Waals surface area contributed by atoms with Crippen LogP contribution in [0.1, 0.15) is 6.42 Å². The van der Waals surface area contributed by atoms with Gasteiger partial charge in [0.05, 0.1) is 19.1 Å². The van der Waals surface area contributed by atoms with Gasteiger partial charge in [-0.25, -0.2) is 4.79 Å². The average Bonchev–Trinajstić information content (AvgIpc) is 2.53. The lowest BCUT2D eigenvalue weighted by Gasteiger charge is -2.14. The SMILES string of the molecule is CSCCC(NC(=O)CNC(=O)CNC(=O)C(N)CS)C(=O)O. The van der Waals surface area contributed by atoms with Gasteiger partial charge in [0.1, 0.15) is 6.04 Å². The summed E-state index contributed by atoms with van der Waals surface area (Å²) in [5.41, 5.74) is 5.41. The normalized spacial score (nSPS) is 12.8. The molecule has 0 heterocycles. The summed E-state index contributed by atoms with van der Waals surface area (Å²) in [6, 6.07) is -1.82. The number of carbonyl (C=O) groups excluding carboxylic acids is 3. The molecule has 0 aromatic carbocycles. The molecule has 0 rings (SSSR count). The zero-order chi connectivity index (χ0) is 17.8. The maximum atomic E-state index is 11.6. The molecule has 0 bridgehead atoms. The maximum absolute atomic E-state index is 11.6. The third kappa shape index (κ3) is 10.0. The van der Waals surface area contributed by atoms with E-state index in [2.05, 4.69) is 28.6 Å². The summed E-state index contributed by atoms with van der Waals surface area (Å²) in [5.74, 6) is -2.14. The molecule has 11 heteroatoms. The van der Waals surface area contributed by atoms with Gasteiger partial charge in [-0.2, -0.15) is 24.4 Å². The van der Waals surface area contributed by atoms with Crippen LogP contribution in [0.5, 0.6) is 0 Å². The Hall–Kier alpha value is -1.46. The van der Waals surface area contributed by atoms with Crippen LogP contribution in [0, 0.1) is 0 Å². The van der Waals surface area contributed by atoms with Crippen LogP contribution < -0.4 is 21.7 Å². The fourth-order valence-electron chi connectivity index (χ4n) is 1.36. The summed E-state index contributed by atoms with van der Waals surface area (Å²) in [5, 5.41) is 15.8. The van der Waals surface area contributed by atoms with E-state index < -0.39 is 35.8 Å². The summed E-state index contributed by atoms with van der Waals surface area (Å²) < 4.78 is 0. The minimum Gasteiger partial charge on any atom is -0.480 e. The molecular formula is C12H22N4O5S2. The summed E-state index contributed by atoms with van der Waals surface area (Å²) in [6.45, 7) is -0.710. The molecule has 6 N–H and O–H groups in total. The van der Waals surface area contributed by atoms with Crippen LogP contribution in [0.3, 0.4) is 0 Å². The molecule has 0 aromatic rings. The fraction of sp³-hybridized carbons (Fsp3) is 0.667. The van der Waals surface area contributed by atoms with Gasteiger partial charge >= 0.3 is 5.97 Å². The highest BCUT2D eigenvalue weighted by atomic mass is 32.2. The molecule has 0 aliphatic carbocycles. The molecule has 0 fully saturated rings. The highest BCUT2D eigenvalue weighted by Crippen LogP contribution is 2.00. The van der Waals surface area contributed by atoms with Crippen LogP contribution in [0.15, 0.2) is 0 Å². The summed E-state index contributed by atoms with van der Waals surface area (Å²) in [4.78, 5) is 45.4. The van der Waals surface area contributed by atoms with Gasteiger partial charge in [0.25, 0.3) is 0 Å². The zero-order valence-electron chi connectivity index (χ0n) is 12.7. The first-order valence-corrected chi connectivity index (χ1v) is 8.76. The molecule has 9 nitrogen and oxygen atoms in total. The first-order valence-electron chi connectivity index (χ1n) is 6.73. The van der Waals surface area contributed by atoms with Crippen molar-refractivity contribution >= 4 is 48.1 Å². The monoisotopic (exact) mass is 366 g/mol. The van der Waals surface area contributed by atoms with Gasteiger partial charge in [-0.1, -0.05) is 0 Å². The summed E-state index contributed by atoms with van der Waals surface area (Å²) in [7, 11) is 0. The van der Waals surface area contributed by atoms with E-state index >= 15 is 0 Å². The third-order valence-corrected chi connectivity index (χ3v) is 3.68. The zero-order valence-corrected chi connectivity index (χ0v) is 14.4. The number of hydrogen-bond acceptors (Lipinski definition) is 7. The minimum absolute atomic E-state index is 0.141. The molecule has 23 heavy (non-hydrogen) atoms. The predicted octanol–water partition coefficient (Wildman–Crippen LogP) is -2.20. The van der Waals surface area contributed by atoms with E-state index in [0.29, 0.717) is 5.75 Å². The van der Waals surface area contributed by atoms with Crippen molar-refractivity contribution in [3.8, 4) is 0 Å². The van der Waals surface area contributed by atoms with Crippen LogP contribution in [0.25, 0.3) is 0 Å². The third-order valence-electron chi connectivity index (χ3n) is 2.65. The molecule has 0 aliphatic heterocycles. The molecule has 3 amide bonds. The largest absolute Gasteiger partial charge is 0.480 e. The van der Waals surface area contributed by atoms with E-state index in [1.165, 1.54) is 11.8 Å². The molecule has 0 radical (unpaired) electrons. The first kappa shape index (κ1) is 21.5. The summed E-state index contributed by atoms with van der Waals surface area (Å²) >= 11 is 5.32. The molecule has 132 valence electrons. The second-order valence-corrected chi connectivity index (χ2v) is 5.87. The first-order chi connectivity index (χ1) is 10.8. The maximum Gasteiger partial charge on any atom is 0.326 e. The number of nitrogens with two attached hydrogens (primary N) is 1. The molecule has 0 aromatic heterocycles. The van der Waals surface area contributed by atoms with Gasteiger partial charge in [-0.15, -0.1) is 0 Å². The average molecular weight is 366 g/mol. The van der Waals surface area contributed by atoms with Gasteiger partial charge in [-0.05, 0) is 18.4 Å². The second kappa shape index (κ2) is 12.0. The van der Waals surface area contributed by atoms with Crippen molar-refractivity contribution in [2.75, 3.05) is 30.9 Å². The Balaban J connectivity index is 4.09. The molecule has 2 unspecified atom stereocenters. The van der Waals surface area contributed by atoms with Gasteiger partial charge in [0.2, 0.25) is 17.7 Å². The van der Waals surface area contributed by atoms with E-state index in [1.807, 2.05) is 6.26 Å². The van der Waals surface area contributed by atoms with Gasteiger partial charge in [-0.3, -0.25) is 14.4 Å². The highest BCUT2D eigenvalue weighted by molar-refractivity contribution is 7.98. The van der Waals surface area contributed by atoms with Gasteiger partial charge in [0, 0.05) is 5.75 Å². The standard InChI is InChI=1S/C12H22N4O5S2/c1-23-3-2-8(12(20)21)16-10(18)5-14-9(17)4-15-11(19)7(13)6-22/h7-8,22H,2-6,13H2,1H3,(H,14,17)(H,15,19)(H,16,18)(H,20,21). The number of thiol groups is 1. The van der Waals surface area contributed by atoms with Crippen LogP contribution in [-0.2, 0) is 19.2 Å². The van der Waals surface area contributed by atoms with Crippen LogP contribution in [-0.4, -0.2) is 71.7 Å². The number of carboxylic acids is 1. The van der Waals surface area contributed by atoms with Crippen molar-refractivity contribution < 1.29 is 24.3 Å². The van der Waals surface area contributed by atoms with Crippen molar-refractivity contribution in [2.24, 2.45) is 5.73 Å². The summed E-state index contributed by atoms with van der Waals surface area (Å²) in [6.07, 6.45) is 2.11. The Bertz CT molecular complexity index is 436. The van der Waals surface area contributed by atoms with Crippen molar-refractivity contribution in [3.63, 3.8) is 0 Å². The number of aliphatic carboxylic acids is 1. The quantitative estimate of drug-likeness (QED) is 0.227. The van der Waals surface area contributed by atoms with E-state index in [0.717, 1.165) is 0 Å². The Morgan fingerprint density at radius 3 is 2.30 bits per heavy atom. The van der Waals surface area contributed by atoms with E-state index in [1.54, 1.807) is 0 Å². The molecular weight excluding hydrogens is 344 g/mol. The van der Waals surface area contributed by atoms with Gasteiger partial charge in [0.15, 0.2) is 0 Å². The lowest BCUT2D eigenvalue weighted by atomic mass is 10.2. The Morgan fingerprint density at radius 1 is 1.17 bits per heavy atom. The number of nitrogens with one attached hydrogen (secondary N) is 3. The number of carbonyl (C=O) groups is 4. The number of carboxylic acid groups (broad SMARTS) is 1. The molecule has 0 spiro atoms. The van der Waals surface area contributed by atoms with Crippen molar-refractivity contribution in [2.45, 2.75) is 18.5 Å². The smallest absolute Gasteiger partial charge is 0.326 e. The molecule has 2 atom stereocenters. The number of hydrogen-bond donors (Lipinski definition) is 6. The fourth-order valence-corrected chi connectivity index (χ4v) is 2.00. The predicted molar refractivity (Wildman–Crippen MR) is 90.4 cm³/mol. The number of thioether (sulfide) groups is 1. The minimum atomic E-state index is -1.13. The molecule has 0 saturated heterocycles. The molecule has 0 saturated carbocycles. The van der Waals surface area contributed by atoms with E-state index in [9.17, 15) is 19.2 Å². The molecule has 0 aliphatic rings. The number of amides is 3. The Kier molecular flexibility index (Phi) is 11.3. The lowest BCUT2D eigenvalue weighted by Crippen LogP contribution is -2.49. The Morgan fingerprint density at radius 2 is 1.78 bits per heavy atom. The van der Waals surface area contributed by atoms with Crippen LogP contribution in [0.2, 0.25) is 0 Å². The Labute approximate surface area is 143 Å². The van der Waals surface area contributed by atoms with Crippen LogP contribution >= 0.6 is 24.4 Å². The lowest BCUT2D eigenvalue weighted by molar-refractivity contribution is -0.141. The second-order valence-electron chi connectivity index (χ2n) is 4.52. The number of rotatable bonds is 11. The topological polar surface area (TPSA) is 151 Å². The van der Waals surface area contributed by atoms with Crippen molar-refractivity contribution in [1.82, 2.24) is 16.0 Å². The van der Waals surface area contributed by atoms with Crippen molar-refractivity contribution in [1.29, 1.82) is 0 Å². The highest BCUT2D eigenvalue weighted by Gasteiger charge is 2.19. The van der Waals surface area contributed by atoms with Crippen molar-refractivity contribution in [3.05, 3.63) is 0 Å². The van der Waals surface area contributed by atoms with E-state index in [-0.39, 0.29) is 25.3 Å². The van der Waals surface area contributed by atoms with E-state index in [4.69, 9.17) is 10.8 Å².